The van der Waals surface area contributed by atoms with Gasteiger partial charge in [-0.3, -0.25) is 0 Å². The number of hydrogen-bond donors (Lipinski definition) is 1. The first-order valence-electron chi connectivity index (χ1n) is 6.98. The van der Waals surface area contributed by atoms with Gasteiger partial charge in [0.2, 0.25) is 5.89 Å². The van der Waals surface area contributed by atoms with Crippen molar-refractivity contribution in [1.29, 1.82) is 0 Å². The van der Waals surface area contributed by atoms with Crippen molar-refractivity contribution in [3.8, 4) is 0 Å². The molecule has 20 heavy (non-hydrogen) atoms. The molecule has 1 unspecified atom stereocenters. The number of thioether (sulfide) groups is 1. The molecule has 0 aliphatic rings. The summed E-state index contributed by atoms with van der Waals surface area (Å²) in [5.41, 5.74) is 2.66. The third-order valence-electron chi connectivity index (χ3n) is 3.12. The van der Waals surface area contributed by atoms with Crippen LogP contribution < -0.4 is 5.32 Å². The van der Waals surface area contributed by atoms with Crippen LogP contribution in [0.15, 0.2) is 33.9 Å². The highest BCUT2D eigenvalue weighted by molar-refractivity contribution is 7.99. The van der Waals surface area contributed by atoms with Crippen molar-refractivity contribution in [3.63, 3.8) is 0 Å². The van der Waals surface area contributed by atoms with Gasteiger partial charge in [0.15, 0.2) is 0 Å². The molecule has 1 N–H and O–H groups in total. The summed E-state index contributed by atoms with van der Waals surface area (Å²) in [4.78, 5) is 0. The fourth-order valence-corrected chi connectivity index (χ4v) is 2.89. The monoisotopic (exact) mass is 291 g/mol. The van der Waals surface area contributed by atoms with Crippen molar-refractivity contribution in [3.05, 3.63) is 41.3 Å². The quantitative estimate of drug-likeness (QED) is 0.793. The number of aromatic nitrogens is 2. The van der Waals surface area contributed by atoms with Crippen LogP contribution in [0.5, 0.6) is 0 Å². The van der Waals surface area contributed by atoms with Crippen molar-refractivity contribution in [2.75, 3.05) is 12.3 Å². The minimum Gasteiger partial charge on any atom is -0.416 e. The molecule has 2 rings (SSSR count). The molecule has 0 aliphatic heterocycles. The first-order valence-corrected chi connectivity index (χ1v) is 7.96. The van der Waals surface area contributed by atoms with E-state index in [1.54, 1.807) is 11.8 Å². The lowest BCUT2D eigenvalue weighted by Gasteiger charge is -2.17. The van der Waals surface area contributed by atoms with Crippen LogP contribution in [0.2, 0.25) is 0 Å². The van der Waals surface area contributed by atoms with Gasteiger partial charge in [-0.2, -0.15) is 0 Å². The Morgan fingerprint density at radius 2 is 1.95 bits per heavy atom. The van der Waals surface area contributed by atoms with E-state index in [-0.39, 0.29) is 0 Å². The van der Waals surface area contributed by atoms with Crippen LogP contribution >= 0.6 is 11.8 Å². The van der Waals surface area contributed by atoms with Crippen molar-refractivity contribution in [2.24, 2.45) is 0 Å². The molecule has 0 saturated carbocycles. The SMILES string of the molecule is CCNC(CSc1nnc(C)o1)c1ccc(CC)cc1. The van der Waals surface area contributed by atoms with E-state index in [2.05, 4.69) is 53.6 Å². The molecule has 108 valence electrons. The molecule has 1 aromatic heterocycles. The minimum absolute atomic E-state index is 0.295. The summed E-state index contributed by atoms with van der Waals surface area (Å²) in [6, 6.07) is 9.09. The summed E-state index contributed by atoms with van der Waals surface area (Å²) >= 11 is 1.59. The highest BCUT2D eigenvalue weighted by atomic mass is 32.2. The molecule has 1 aromatic carbocycles. The molecule has 0 spiro atoms. The maximum atomic E-state index is 5.40. The summed E-state index contributed by atoms with van der Waals surface area (Å²) in [6.45, 7) is 7.03. The molecule has 0 bridgehead atoms. The lowest BCUT2D eigenvalue weighted by molar-refractivity contribution is 0.428. The molecule has 0 amide bonds. The van der Waals surface area contributed by atoms with Gasteiger partial charge >= 0.3 is 0 Å². The van der Waals surface area contributed by atoms with Gasteiger partial charge in [-0.1, -0.05) is 49.9 Å². The first kappa shape index (κ1) is 15.1. The van der Waals surface area contributed by atoms with Crippen LogP contribution in [0.1, 0.15) is 36.9 Å². The lowest BCUT2D eigenvalue weighted by atomic mass is 10.1. The fourth-order valence-electron chi connectivity index (χ4n) is 2.00. The van der Waals surface area contributed by atoms with E-state index in [1.807, 2.05) is 6.92 Å². The molecule has 0 radical (unpaired) electrons. The molecular formula is C15H21N3OS. The van der Waals surface area contributed by atoms with E-state index in [0.29, 0.717) is 17.2 Å². The Balaban J connectivity index is 2.01. The van der Waals surface area contributed by atoms with Crippen LogP contribution in [-0.2, 0) is 6.42 Å². The van der Waals surface area contributed by atoms with Crippen molar-refractivity contribution in [1.82, 2.24) is 15.5 Å². The maximum absolute atomic E-state index is 5.40. The molecule has 0 fully saturated rings. The van der Waals surface area contributed by atoms with E-state index < -0.39 is 0 Å². The normalized spacial score (nSPS) is 12.6. The fraction of sp³-hybridized carbons (Fsp3) is 0.467. The predicted molar refractivity (Wildman–Crippen MR) is 82.0 cm³/mol. The van der Waals surface area contributed by atoms with E-state index in [1.165, 1.54) is 11.1 Å². The number of hydrogen-bond acceptors (Lipinski definition) is 5. The van der Waals surface area contributed by atoms with Crippen LogP contribution in [0.3, 0.4) is 0 Å². The van der Waals surface area contributed by atoms with Crippen molar-refractivity contribution in [2.45, 2.75) is 38.5 Å². The van der Waals surface area contributed by atoms with E-state index in [4.69, 9.17) is 4.42 Å². The molecule has 1 heterocycles. The standard InChI is InChI=1S/C15H21N3OS/c1-4-12-6-8-13(9-7-12)14(16-5-2)10-20-15-18-17-11(3)19-15/h6-9,14,16H,4-5,10H2,1-3H3. The smallest absolute Gasteiger partial charge is 0.276 e. The number of rotatable bonds is 7. The second kappa shape index (κ2) is 7.45. The van der Waals surface area contributed by atoms with Gasteiger partial charge in [-0.25, -0.2) is 0 Å². The Hall–Kier alpha value is -1.33. The largest absolute Gasteiger partial charge is 0.416 e. The minimum atomic E-state index is 0.295. The van der Waals surface area contributed by atoms with E-state index in [0.717, 1.165) is 18.7 Å². The average molecular weight is 291 g/mol. The van der Waals surface area contributed by atoms with Gasteiger partial charge in [-0.15, -0.1) is 10.2 Å². The number of benzene rings is 1. The topological polar surface area (TPSA) is 51.0 Å². The molecule has 0 saturated heterocycles. The Bertz CT molecular complexity index is 524. The zero-order valence-electron chi connectivity index (χ0n) is 12.2. The highest BCUT2D eigenvalue weighted by Crippen LogP contribution is 2.24. The van der Waals surface area contributed by atoms with Crippen LogP contribution in [0.4, 0.5) is 0 Å². The number of nitrogens with zero attached hydrogens (tertiary/aromatic N) is 2. The molecule has 0 aliphatic carbocycles. The second-order valence-electron chi connectivity index (χ2n) is 4.60. The van der Waals surface area contributed by atoms with Crippen molar-refractivity contribution >= 4 is 11.8 Å². The Kier molecular flexibility index (Phi) is 5.61. The van der Waals surface area contributed by atoms with Gasteiger partial charge in [0, 0.05) is 18.7 Å². The summed E-state index contributed by atoms with van der Waals surface area (Å²) in [5.74, 6) is 1.49. The third kappa shape index (κ3) is 4.08. The zero-order chi connectivity index (χ0) is 14.4. The molecule has 2 aromatic rings. The Morgan fingerprint density at radius 3 is 2.50 bits per heavy atom. The van der Waals surface area contributed by atoms with E-state index in [9.17, 15) is 0 Å². The molecular weight excluding hydrogens is 270 g/mol. The first-order chi connectivity index (χ1) is 9.72. The molecule has 5 heteroatoms. The lowest BCUT2D eigenvalue weighted by Crippen LogP contribution is -2.22. The molecule has 4 nitrogen and oxygen atoms in total. The second-order valence-corrected chi connectivity index (χ2v) is 5.57. The maximum Gasteiger partial charge on any atom is 0.276 e. The van der Waals surface area contributed by atoms with Crippen LogP contribution in [0.25, 0.3) is 0 Å². The van der Waals surface area contributed by atoms with Gasteiger partial charge in [0.25, 0.3) is 5.22 Å². The van der Waals surface area contributed by atoms with Crippen LogP contribution in [0, 0.1) is 6.92 Å². The van der Waals surface area contributed by atoms with Gasteiger partial charge < -0.3 is 9.73 Å². The number of aryl methyl sites for hydroxylation is 2. The van der Waals surface area contributed by atoms with E-state index >= 15 is 0 Å². The Labute approximate surface area is 124 Å². The van der Waals surface area contributed by atoms with Crippen LogP contribution in [-0.4, -0.2) is 22.5 Å². The number of nitrogens with one attached hydrogen (secondary N) is 1. The third-order valence-corrected chi connectivity index (χ3v) is 4.03. The highest BCUT2D eigenvalue weighted by Gasteiger charge is 2.13. The summed E-state index contributed by atoms with van der Waals surface area (Å²) in [7, 11) is 0. The summed E-state index contributed by atoms with van der Waals surface area (Å²) < 4.78 is 5.40. The summed E-state index contributed by atoms with van der Waals surface area (Å²) in [5, 5.41) is 12.0. The predicted octanol–water partition coefficient (Wildman–Crippen LogP) is 3.38. The Morgan fingerprint density at radius 1 is 1.20 bits per heavy atom. The van der Waals surface area contributed by atoms with Gasteiger partial charge in [0.1, 0.15) is 0 Å². The molecule has 1 atom stereocenters. The van der Waals surface area contributed by atoms with Gasteiger partial charge in [0.05, 0.1) is 0 Å². The van der Waals surface area contributed by atoms with Crippen molar-refractivity contribution < 1.29 is 4.42 Å². The van der Waals surface area contributed by atoms with Gasteiger partial charge in [-0.05, 0) is 24.1 Å². The zero-order valence-corrected chi connectivity index (χ0v) is 13.0. The average Bonchev–Trinajstić information content (AvgIpc) is 2.89. The summed E-state index contributed by atoms with van der Waals surface area (Å²) in [6.07, 6.45) is 1.07.